The summed E-state index contributed by atoms with van der Waals surface area (Å²) in [6.45, 7) is 2.23. The molecule has 1 atom stereocenters. The van der Waals surface area contributed by atoms with Crippen LogP contribution in [0.25, 0.3) is 0 Å². The molecule has 6 heteroatoms. The first kappa shape index (κ1) is 12.7. The van der Waals surface area contributed by atoms with Crippen molar-refractivity contribution in [3.05, 3.63) is 22.8 Å². The largest absolute Gasteiger partial charge is 0.480 e. The molecule has 94 valence electrons. The van der Waals surface area contributed by atoms with E-state index in [0.29, 0.717) is 24.3 Å². The molecule has 0 radical (unpaired) electrons. The summed E-state index contributed by atoms with van der Waals surface area (Å²) in [6, 6.07) is 3.48. The lowest BCUT2D eigenvalue weighted by molar-refractivity contribution is -0.142. The molecule has 0 aliphatic carbocycles. The number of nitrogens with zero attached hydrogens (tertiary/aromatic N) is 3. The van der Waals surface area contributed by atoms with Gasteiger partial charge in [0.2, 0.25) is 0 Å². The van der Waals surface area contributed by atoms with Crippen molar-refractivity contribution < 1.29 is 9.90 Å². The molecule has 1 fully saturated rings. The van der Waals surface area contributed by atoms with Gasteiger partial charge in [0.25, 0.3) is 0 Å². The van der Waals surface area contributed by atoms with Gasteiger partial charge in [-0.3, -0.25) is 0 Å². The molecule has 1 aliphatic rings. The predicted octanol–water partition coefficient (Wildman–Crippen LogP) is 2.05. The van der Waals surface area contributed by atoms with Crippen LogP contribution >= 0.6 is 11.6 Å². The van der Waals surface area contributed by atoms with Crippen molar-refractivity contribution in [2.75, 3.05) is 11.4 Å². The lowest BCUT2D eigenvalue weighted by Gasteiger charge is -2.32. The van der Waals surface area contributed by atoms with Crippen LogP contribution in [0.5, 0.6) is 0 Å². The van der Waals surface area contributed by atoms with Crippen molar-refractivity contribution in [3.8, 4) is 6.07 Å². The van der Waals surface area contributed by atoms with E-state index >= 15 is 0 Å². The first-order chi connectivity index (χ1) is 8.50. The number of carboxylic acid groups (broad SMARTS) is 1. The molecule has 0 saturated carbocycles. The minimum atomic E-state index is -1.01. The molecule has 1 aromatic heterocycles. The Labute approximate surface area is 110 Å². The normalized spacial score (nSPS) is 22.8. The summed E-state index contributed by atoms with van der Waals surface area (Å²) < 4.78 is 0. The maximum absolute atomic E-state index is 11.4. The highest BCUT2D eigenvalue weighted by atomic mass is 35.5. The van der Waals surface area contributed by atoms with Crippen molar-refractivity contribution >= 4 is 23.4 Å². The number of hydrogen-bond donors (Lipinski definition) is 1. The van der Waals surface area contributed by atoms with Crippen LogP contribution in [0.4, 0.5) is 5.82 Å². The molecule has 18 heavy (non-hydrogen) atoms. The summed E-state index contributed by atoms with van der Waals surface area (Å²) in [5, 5.41) is 18.5. The number of halogens is 1. The zero-order valence-electron chi connectivity index (χ0n) is 9.85. The third-order valence-electron chi connectivity index (χ3n) is 3.35. The zero-order chi connectivity index (χ0) is 13.3. The molecule has 0 aromatic carbocycles. The predicted molar refractivity (Wildman–Crippen MR) is 66.6 cm³/mol. The first-order valence-corrected chi connectivity index (χ1v) is 5.94. The maximum atomic E-state index is 11.4. The highest BCUT2D eigenvalue weighted by Gasteiger charge is 2.44. The molecule has 1 aromatic rings. The van der Waals surface area contributed by atoms with E-state index in [1.165, 1.54) is 12.3 Å². The van der Waals surface area contributed by atoms with E-state index < -0.39 is 11.5 Å². The lowest BCUT2D eigenvalue weighted by Crippen LogP contribution is -2.48. The van der Waals surface area contributed by atoms with Gasteiger partial charge in [-0.05, 0) is 25.8 Å². The zero-order valence-corrected chi connectivity index (χ0v) is 10.6. The topological polar surface area (TPSA) is 77.2 Å². The molecule has 0 spiro atoms. The lowest BCUT2D eigenvalue weighted by atomic mass is 9.99. The van der Waals surface area contributed by atoms with Crippen LogP contribution in [-0.4, -0.2) is 28.1 Å². The summed E-state index contributed by atoms with van der Waals surface area (Å²) in [5.74, 6) is -0.529. The summed E-state index contributed by atoms with van der Waals surface area (Å²) in [7, 11) is 0. The van der Waals surface area contributed by atoms with Crippen molar-refractivity contribution in [2.45, 2.75) is 25.3 Å². The Morgan fingerprint density at radius 1 is 1.72 bits per heavy atom. The molecular formula is C12H12ClN3O2. The maximum Gasteiger partial charge on any atom is 0.329 e. The number of hydrogen-bond acceptors (Lipinski definition) is 4. The van der Waals surface area contributed by atoms with E-state index in [0.717, 1.165) is 6.42 Å². The quantitative estimate of drug-likeness (QED) is 0.885. The Kier molecular flexibility index (Phi) is 3.14. The molecule has 1 aliphatic heterocycles. The minimum Gasteiger partial charge on any atom is -0.480 e. The number of nitriles is 1. The Morgan fingerprint density at radius 2 is 2.44 bits per heavy atom. The van der Waals surface area contributed by atoms with Gasteiger partial charge in [-0.1, -0.05) is 11.6 Å². The average molecular weight is 266 g/mol. The van der Waals surface area contributed by atoms with Crippen LogP contribution in [0, 0.1) is 11.3 Å². The van der Waals surface area contributed by atoms with Crippen LogP contribution < -0.4 is 4.90 Å². The van der Waals surface area contributed by atoms with Gasteiger partial charge in [-0.15, -0.1) is 0 Å². The number of rotatable bonds is 2. The van der Waals surface area contributed by atoms with Crippen LogP contribution in [0.1, 0.15) is 25.3 Å². The van der Waals surface area contributed by atoms with Gasteiger partial charge in [0.05, 0.1) is 5.56 Å². The van der Waals surface area contributed by atoms with E-state index in [9.17, 15) is 9.90 Å². The Morgan fingerprint density at radius 3 is 3.06 bits per heavy atom. The summed E-state index contributed by atoms with van der Waals surface area (Å²) in [6.07, 6.45) is 2.77. The second kappa shape index (κ2) is 4.46. The van der Waals surface area contributed by atoms with E-state index in [-0.39, 0.29) is 5.02 Å². The van der Waals surface area contributed by atoms with Gasteiger partial charge in [0, 0.05) is 12.7 Å². The molecule has 0 bridgehead atoms. The molecule has 1 N–H and O–H groups in total. The number of carboxylic acids is 1. The molecular weight excluding hydrogens is 254 g/mol. The molecule has 1 unspecified atom stereocenters. The molecule has 0 amide bonds. The Hall–Kier alpha value is -1.80. The molecule has 5 nitrogen and oxygen atoms in total. The van der Waals surface area contributed by atoms with Gasteiger partial charge in [-0.2, -0.15) is 5.26 Å². The van der Waals surface area contributed by atoms with E-state index in [2.05, 4.69) is 4.98 Å². The SMILES string of the molecule is CC1(C(=O)O)CCCN1c1nccc(C#N)c1Cl. The molecule has 2 rings (SSSR count). The van der Waals surface area contributed by atoms with Crippen molar-refractivity contribution in [2.24, 2.45) is 0 Å². The second-order valence-electron chi connectivity index (χ2n) is 4.44. The fourth-order valence-corrected chi connectivity index (χ4v) is 2.49. The highest BCUT2D eigenvalue weighted by molar-refractivity contribution is 6.34. The van der Waals surface area contributed by atoms with E-state index in [1.807, 2.05) is 6.07 Å². The van der Waals surface area contributed by atoms with Crippen LogP contribution in [0.15, 0.2) is 12.3 Å². The minimum absolute atomic E-state index is 0.217. The van der Waals surface area contributed by atoms with Gasteiger partial charge >= 0.3 is 5.97 Å². The van der Waals surface area contributed by atoms with E-state index in [4.69, 9.17) is 16.9 Å². The van der Waals surface area contributed by atoms with Crippen molar-refractivity contribution in [1.29, 1.82) is 5.26 Å². The number of aromatic nitrogens is 1. The third kappa shape index (κ3) is 1.79. The van der Waals surface area contributed by atoms with Gasteiger partial charge in [-0.25, -0.2) is 9.78 Å². The number of anilines is 1. The average Bonchev–Trinajstić information content (AvgIpc) is 2.73. The number of aliphatic carboxylic acids is 1. The smallest absolute Gasteiger partial charge is 0.329 e. The highest BCUT2D eigenvalue weighted by Crippen LogP contribution is 2.37. The summed E-state index contributed by atoms with van der Waals surface area (Å²) >= 11 is 6.10. The van der Waals surface area contributed by atoms with Crippen LogP contribution in [-0.2, 0) is 4.79 Å². The standard InChI is InChI=1S/C12H12ClN3O2/c1-12(11(17)18)4-2-6-16(12)10-9(13)8(7-14)3-5-15-10/h3,5H,2,4,6H2,1H3,(H,17,18). The van der Waals surface area contributed by atoms with Crippen molar-refractivity contribution in [3.63, 3.8) is 0 Å². The van der Waals surface area contributed by atoms with E-state index in [1.54, 1.807) is 11.8 Å². The van der Waals surface area contributed by atoms with Crippen LogP contribution in [0.3, 0.4) is 0 Å². The molecule has 2 heterocycles. The fourth-order valence-electron chi connectivity index (χ4n) is 2.23. The second-order valence-corrected chi connectivity index (χ2v) is 4.82. The Bertz CT molecular complexity index is 541. The number of carbonyl (C=O) groups is 1. The van der Waals surface area contributed by atoms with Crippen molar-refractivity contribution in [1.82, 2.24) is 4.98 Å². The summed E-state index contributed by atoms with van der Waals surface area (Å²) in [4.78, 5) is 17.2. The molecule has 1 saturated heterocycles. The number of pyridine rings is 1. The fraction of sp³-hybridized carbons (Fsp3) is 0.417. The van der Waals surface area contributed by atoms with Crippen LogP contribution in [0.2, 0.25) is 5.02 Å². The third-order valence-corrected chi connectivity index (χ3v) is 3.72. The Balaban J connectivity index is 2.50. The van der Waals surface area contributed by atoms with Gasteiger partial charge < -0.3 is 10.0 Å². The monoisotopic (exact) mass is 265 g/mol. The first-order valence-electron chi connectivity index (χ1n) is 5.56. The van der Waals surface area contributed by atoms with Gasteiger partial charge in [0.15, 0.2) is 0 Å². The summed E-state index contributed by atoms with van der Waals surface area (Å²) in [5.41, 5.74) is -0.702. The van der Waals surface area contributed by atoms with Gasteiger partial charge in [0.1, 0.15) is 22.4 Å².